The van der Waals surface area contributed by atoms with Crippen molar-refractivity contribution in [3.8, 4) is 0 Å². The SMILES string of the molecule is CCCNC(c1cnccn1)c1ccc(Cl)cc1F. The Balaban J connectivity index is 2.37. The van der Waals surface area contributed by atoms with Gasteiger partial charge in [-0.3, -0.25) is 9.97 Å². The molecule has 0 saturated heterocycles. The lowest BCUT2D eigenvalue weighted by Crippen LogP contribution is -2.25. The van der Waals surface area contributed by atoms with Gasteiger partial charge in [-0.1, -0.05) is 24.6 Å². The molecule has 2 rings (SSSR count). The molecular weight excluding hydrogens is 265 g/mol. The van der Waals surface area contributed by atoms with Gasteiger partial charge in [-0.25, -0.2) is 4.39 Å². The first-order chi connectivity index (χ1) is 9.22. The fourth-order valence-corrected chi connectivity index (χ4v) is 2.02. The molecule has 1 N–H and O–H groups in total. The number of hydrogen-bond acceptors (Lipinski definition) is 3. The number of rotatable bonds is 5. The number of hydrogen-bond donors (Lipinski definition) is 1. The minimum atomic E-state index is -0.341. The van der Waals surface area contributed by atoms with Crippen molar-refractivity contribution in [1.29, 1.82) is 0 Å². The Kier molecular flexibility index (Phi) is 4.82. The molecule has 0 spiro atoms. The summed E-state index contributed by atoms with van der Waals surface area (Å²) in [7, 11) is 0. The van der Waals surface area contributed by atoms with Crippen LogP contribution in [0.5, 0.6) is 0 Å². The summed E-state index contributed by atoms with van der Waals surface area (Å²) in [5.41, 5.74) is 1.22. The fraction of sp³-hybridized carbons (Fsp3) is 0.286. The first-order valence-electron chi connectivity index (χ1n) is 6.16. The number of nitrogens with zero attached hydrogens (tertiary/aromatic N) is 2. The summed E-state index contributed by atoms with van der Waals surface area (Å²) in [6.07, 6.45) is 5.79. The van der Waals surface area contributed by atoms with E-state index in [2.05, 4.69) is 22.2 Å². The third-order valence-corrected chi connectivity index (χ3v) is 2.99. The predicted octanol–water partition coefficient (Wildman–Crippen LogP) is 3.36. The van der Waals surface area contributed by atoms with E-state index in [4.69, 9.17) is 11.6 Å². The molecule has 1 unspecified atom stereocenters. The lowest BCUT2D eigenvalue weighted by Gasteiger charge is -2.18. The summed E-state index contributed by atoms with van der Waals surface area (Å²) in [5.74, 6) is -0.341. The van der Waals surface area contributed by atoms with Crippen molar-refractivity contribution < 1.29 is 4.39 Å². The molecule has 5 heteroatoms. The van der Waals surface area contributed by atoms with Crippen LogP contribution in [-0.4, -0.2) is 16.5 Å². The largest absolute Gasteiger partial charge is 0.305 e. The third-order valence-electron chi connectivity index (χ3n) is 2.75. The van der Waals surface area contributed by atoms with Gasteiger partial charge >= 0.3 is 0 Å². The van der Waals surface area contributed by atoms with E-state index in [0.29, 0.717) is 16.3 Å². The van der Waals surface area contributed by atoms with Gasteiger partial charge in [0.05, 0.1) is 17.9 Å². The number of halogens is 2. The number of aromatic nitrogens is 2. The maximum Gasteiger partial charge on any atom is 0.129 e. The zero-order valence-electron chi connectivity index (χ0n) is 10.6. The van der Waals surface area contributed by atoms with Crippen molar-refractivity contribution >= 4 is 11.6 Å². The summed E-state index contributed by atoms with van der Waals surface area (Å²) < 4.78 is 14.0. The third kappa shape index (κ3) is 3.49. The molecule has 0 amide bonds. The number of benzene rings is 1. The standard InChI is InChI=1S/C14H15ClFN3/c1-2-5-19-14(13-9-17-6-7-18-13)11-4-3-10(15)8-12(11)16/h3-4,6-9,14,19H,2,5H2,1H3. The number of nitrogens with one attached hydrogen (secondary N) is 1. The Morgan fingerprint density at radius 2 is 2.21 bits per heavy atom. The molecule has 0 bridgehead atoms. The van der Waals surface area contributed by atoms with Gasteiger partial charge in [-0.2, -0.15) is 0 Å². The Labute approximate surface area is 116 Å². The van der Waals surface area contributed by atoms with Gasteiger partial charge in [-0.05, 0) is 25.1 Å². The van der Waals surface area contributed by atoms with Crippen molar-refractivity contribution in [3.63, 3.8) is 0 Å². The summed E-state index contributed by atoms with van der Waals surface area (Å²) in [5, 5.41) is 3.66. The van der Waals surface area contributed by atoms with E-state index in [1.165, 1.54) is 6.07 Å². The highest BCUT2D eigenvalue weighted by Crippen LogP contribution is 2.24. The van der Waals surface area contributed by atoms with Gasteiger partial charge in [-0.15, -0.1) is 0 Å². The quantitative estimate of drug-likeness (QED) is 0.912. The van der Waals surface area contributed by atoms with Crippen LogP contribution >= 0.6 is 11.6 Å². The fourth-order valence-electron chi connectivity index (χ4n) is 1.86. The normalized spacial score (nSPS) is 12.4. The van der Waals surface area contributed by atoms with E-state index >= 15 is 0 Å². The van der Waals surface area contributed by atoms with Crippen molar-refractivity contribution in [2.24, 2.45) is 0 Å². The average molecular weight is 280 g/mol. The average Bonchev–Trinajstić information content (AvgIpc) is 2.42. The lowest BCUT2D eigenvalue weighted by atomic mass is 10.0. The molecule has 1 aromatic carbocycles. The van der Waals surface area contributed by atoms with Gasteiger partial charge in [0.25, 0.3) is 0 Å². The second-order valence-electron chi connectivity index (χ2n) is 4.18. The Morgan fingerprint density at radius 1 is 1.37 bits per heavy atom. The highest BCUT2D eigenvalue weighted by molar-refractivity contribution is 6.30. The Hall–Kier alpha value is -1.52. The molecule has 0 aliphatic carbocycles. The van der Waals surface area contributed by atoms with Crippen LogP contribution in [0.15, 0.2) is 36.8 Å². The van der Waals surface area contributed by atoms with E-state index in [9.17, 15) is 4.39 Å². The van der Waals surface area contributed by atoms with Crippen molar-refractivity contribution in [3.05, 3.63) is 58.9 Å². The monoisotopic (exact) mass is 279 g/mol. The first kappa shape index (κ1) is 13.9. The van der Waals surface area contributed by atoms with Crippen LogP contribution in [0.1, 0.15) is 30.6 Å². The van der Waals surface area contributed by atoms with E-state index in [0.717, 1.165) is 13.0 Å². The molecule has 0 aliphatic rings. The first-order valence-corrected chi connectivity index (χ1v) is 6.54. The second kappa shape index (κ2) is 6.59. The molecular formula is C14H15ClFN3. The second-order valence-corrected chi connectivity index (χ2v) is 4.62. The molecule has 2 aromatic rings. The van der Waals surface area contributed by atoms with Crippen molar-refractivity contribution in [1.82, 2.24) is 15.3 Å². The minimum Gasteiger partial charge on any atom is -0.305 e. The molecule has 100 valence electrons. The van der Waals surface area contributed by atoms with Crippen LogP contribution in [0.25, 0.3) is 0 Å². The molecule has 3 nitrogen and oxygen atoms in total. The maximum atomic E-state index is 14.0. The molecule has 19 heavy (non-hydrogen) atoms. The summed E-state index contributed by atoms with van der Waals surface area (Å²) >= 11 is 5.78. The van der Waals surface area contributed by atoms with E-state index < -0.39 is 0 Å². The van der Waals surface area contributed by atoms with Crippen LogP contribution in [0, 0.1) is 5.82 Å². The van der Waals surface area contributed by atoms with Gasteiger partial charge < -0.3 is 5.32 Å². The van der Waals surface area contributed by atoms with Gasteiger partial charge in [0, 0.05) is 23.0 Å². The van der Waals surface area contributed by atoms with Crippen LogP contribution < -0.4 is 5.32 Å². The van der Waals surface area contributed by atoms with Crippen LogP contribution in [-0.2, 0) is 0 Å². The zero-order chi connectivity index (χ0) is 13.7. The Morgan fingerprint density at radius 3 is 2.84 bits per heavy atom. The van der Waals surface area contributed by atoms with E-state index in [1.807, 2.05) is 0 Å². The lowest BCUT2D eigenvalue weighted by molar-refractivity contribution is 0.538. The molecule has 0 saturated carbocycles. The van der Waals surface area contributed by atoms with Crippen LogP contribution in [0.3, 0.4) is 0 Å². The smallest absolute Gasteiger partial charge is 0.129 e. The van der Waals surface area contributed by atoms with E-state index in [-0.39, 0.29) is 11.9 Å². The topological polar surface area (TPSA) is 37.8 Å². The zero-order valence-corrected chi connectivity index (χ0v) is 11.4. The minimum absolute atomic E-state index is 0.314. The van der Waals surface area contributed by atoms with Gasteiger partial charge in [0.15, 0.2) is 0 Å². The van der Waals surface area contributed by atoms with Gasteiger partial charge in [0.1, 0.15) is 5.82 Å². The maximum absolute atomic E-state index is 14.0. The molecule has 0 aliphatic heterocycles. The molecule has 1 atom stereocenters. The predicted molar refractivity (Wildman–Crippen MR) is 73.6 cm³/mol. The molecule has 1 heterocycles. The summed E-state index contributed by atoms with van der Waals surface area (Å²) in [6.45, 7) is 2.82. The Bertz CT molecular complexity index is 533. The van der Waals surface area contributed by atoms with Crippen molar-refractivity contribution in [2.45, 2.75) is 19.4 Å². The summed E-state index contributed by atoms with van der Waals surface area (Å²) in [6, 6.07) is 4.36. The molecule has 1 aromatic heterocycles. The van der Waals surface area contributed by atoms with Crippen molar-refractivity contribution in [2.75, 3.05) is 6.54 Å². The van der Waals surface area contributed by atoms with Gasteiger partial charge in [0.2, 0.25) is 0 Å². The molecule has 0 radical (unpaired) electrons. The highest BCUT2D eigenvalue weighted by atomic mass is 35.5. The summed E-state index contributed by atoms with van der Waals surface area (Å²) in [4.78, 5) is 8.28. The van der Waals surface area contributed by atoms with Crippen LogP contribution in [0.4, 0.5) is 4.39 Å². The van der Waals surface area contributed by atoms with E-state index in [1.54, 1.807) is 30.7 Å². The molecule has 0 fully saturated rings. The highest BCUT2D eigenvalue weighted by Gasteiger charge is 2.18. The van der Waals surface area contributed by atoms with Crippen LogP contribution in [0.2, 0.25) is 5.02 Å².